The second-order valence-corrected chi connectivity index (χ2v) is 6.01. The van der Waals surface area contributed by atoms with Crippen LogP contribution in [0.1, 0.15) is 30.2 Å². The lowest BCUT2D eigenvalue weighted by Gasteiger charge is -2.08. The van der Waals surface area contributed by atoms with E-state index in [0.717, 1.165) is 27.8 Å². The van der Waals surface area contributed by atoms with Gasteiger partial charge in [-0.05, 0) is 32.0 Å². The molecule has 6 heteroatoms. The summed E-state index contributed by atoms with van der Waals surface area (Å²) in [6.07, 6.45) is 5.20. The monoisotopic (exact) mass is 319 g/mol. The zero-order chi connectivity index (χ0) is 16.7. The molecule has 0 aliphatic carbocycles. The highest BCUT2D eigenvalue weighted by molar-refractivity contribution is 6.09. The number of H-pyrrole nitrogens is 1. The Labute approximate surface area is 138 Å². The van der Waals surface area contributed by atoms with E-state index < -0.39 is 0 Å². The number of nitrogens with one attached hydrogen (secondary N) is 2. The summed E-state index contributed by atoms with van der Waals surface area (Å²) in [7, 11) is 0. The van der Waals surface area contributed by atoms with Crippen LogP contribution in [0.25, 0.3) is 22.1 Å². The molecule has 24 heavy (non-hydrogen) atoms. The van der Waals surface area contributed by atoms with Gasteiger partial charge in [-0.1, -0.05) is 12.1 Å². The lowest BCUT2D eigenvalue weighted by molar-refractivity contribution is 0.102. The number of pyridine rings is 1. The number of rotatable bonds is 3. The van der Waals surface area contributed by atoms with Gasteiger partial charge in [-0.15, -0.1) is 0 Å². The Balaban J connectivity index is 1.67. The van der Waals surface area contributed by atoms with Crippen LogP contribution < -0.4 is 5.32 Å². The van der Waals surface area contributed by atoms with Gasteiger partial charge in [-0.3, -0.25) is 4.79 Å². The van der Waals surface area contributed by atoms with E-state index in [1.165, 1.54) is 0 Å². The van der Waals surface area contributed by atoms with Crippen LogP contribution in [-0.4, -0.2) is 25.4 Å². The van der Waals surface area contributed by atoms with Gasteiger partial charge in [0.1, 0.15) is 5.52 Å². The van der Waals surface area contributed by atoms with Crippen LogP contribution in [0.4, 0.5) is 5.69 Å². The highest BCUT2D eigenvalue weighted by Crippen LogP contribution is 2.23. The number of para-hydroxylation sites is 1. The van der Waals surface area contributed by atoms with Gasteiger partial charge in [0.25, 0.3) is 5.91 Å². The zero-order valence-corrected chi connectivity index (χ0v) is 13.4. The Kier molecular flexibility index (Phi) is 3.30. The number of hydrogen-bond acceptors (Lipinski definition) is 3. The van der Waals surface area contributed by atoms with E-state index in [9.17, 15) is 4.79 Å². The molecule has 2 N–H and O–H groups in total. The van der Waals surface area contributed by atoms with Crippen molar-refractivity contribution < 1.29 is 4.79 Å². The van der Waals surface area contributed by atoms with Crippen molar-refractivity contribution in [2.45, 2.75) is 19.9 Å². The molecule has 0 radical (unpaired) electrons. The van der Waals surface area contributed by atoms with Gasteiger partial charge in [-0.25, -0.2) is 9.97 Å². The van der Waals surface area contributed by atoms with Crippen molar-refractivity contribution in [1.82, 2.24) is 19.5 Å². The standard InChI is InChI=1S/C18H17N5O/c1-11(2)23-10-21-15-8-13(9-20-17(15)23)18(24)22-14-5-3-4-12-6-7-19-16(12)14/h3-11,19H,1-2H3,(H,22,24). The molecule has 0 aliphatic heterocycles. The Morgan fingerprint density at radius 1 is 1.25 bits per heavy atom. The number of imidazole rings is 1. The second-order valence-electron chi connectivity index (χ2n) is 6.01. The van der Waals surface area contributed by atoms with Crippen LogP contribution in [0.15, 0.2) is 49.1 Å². The van der Waals surface area contributed by atoms with Crippen LogP contribution in [0, 0.1) is 0 Å². The van der Waals surface area contributed by atoms with Crippen LogP contribution in [0.5, 0.6) is 0 Å². The topological polar surface area (TPSA) is 75.6 Å². The minimum atomic E-state index is -0.203. The van der Waals surface area contributed by atoms with Crippen LogP contribution in [-0.2, 0) is 0 Å². The van der Waals surface area contributed by atoms with Gasteiger partial charge in [0.05, 0.1) is 23.1 Å². The maximum atomic E-state index is 12.6. The molecule has 4 rings (SSSR count). The van der Waals surface area contributed by atoms with E-state index in [0.29, 0.717) is 5.56 Å². The first-order chi connectivity index (χ1) is 11.6. The Morgan fingerprint density at radius 3 is 2.96 bits per heavy atom. The van der Waals surface area contributed by atoms with Gasteiger partial charge in [-0.2, -0.15) is 0 Å². The van der Waals surface area contributed by atoms with Crippen molar-refractivity contribution in [3.8, 4) is 0 Å². The Morgan fingerprint density at radius 2 is 2.12 bits per heavy atom. The van der Waals surface area contributed by atoms with E-state index in [1.807, 2.05) is 35.0 Å². The number of fused-ring (bicyclic) bond motifs is 2. The minimum Gasteiger partial charge on any atom is -0.359 e. The molecule has 0 atom stereocenters. The third kappa shape index (κ3) is 2.32. The van der Waals surface area contributed by atoms with Crippen molar-refractivity contribution in [3.63, 3.8) is 0 Å². The summed E-state index contributed by atoms with van der Waals surface area (Å²) >= 11 is 0. The average Bonchev–Trinajstić information content (AvgIpc) is 3.21. The first-order valence-electron chi connectivity index (χ1n) is 7.83. The molecular formula is C18H17N5O. The predicted octanol–water partition coefficient (Wildman–Crippen LogP) is 3.75. The van der Waals surface area contributed by atoms with Crippen LogP contribution >= 0.6 is 0 Å². The summed E-state index contributed by atoms with van der Waals surface area (Å²) < 4.78 is 1.98. The SMILES string of the molecule is CC(C)n1cnc2cc(C(=O)Nc3cccc4cc[nH]c34)cnc21. The van der Waals surface area contributed by atoms with Crippen LogP contribution in [0.3, 0.4) is 0 Å². The van der Waals surface area contributed by atoms with Crippen molar-refractivity contribution in [3.05, 3.63) is 54.6 Å². The van der Waals surface area contributed by atoms with Crippen LogP contribution in [0.2, 0.25) is 0 Å². The molecule has 0 saturated carbocycles. The summed E-state index contributed by atoms with van der Waals surface area (Å²) in [6, 6.07) is 9.79. The second kappa shape index (κ2) is 5.49. The molecule has 0 bridgehead atoms. The minimum absolute atomic E-state index is 0.203. The third-order valence-electron chi connectivity index (χ3n) is 4.07. The summed E-state index contributed by atoms with van der Waals surface area (Å²) in [5, 5.41) is 3.99. The van der Waals surface area contributed by atoms with Gasteiger partial charge in [0, 0.05) is 23.8 Å². The fraction of sp³-hybridized carbons (Fsp3) is 0.167. The molecule has 3 heterocycles. The molecular weight excluding hydrogens is 302 g/mol. The van der Waals surface area contributed by atoms with Gasteiger partial charge >= 0.3 is 0 Å². The summed E-state index contributed by atoms with van der Waals surface area (Å²) in [6.45, 7) is 4.14. The number of hydrogen-bond donors (Lipinski definition) is 2. The first kappa shape index (κ1) is 14.4. The molecule has 4 aromatic rings. The summed E-state index contributed by atoms with van der Waals surface area (Å²) in [5.41, 5.74) is 3.64. The van der Waals surface area contributed by atoms with Gasteiger partial charge in [0.15, 0.2) is 5.65 Å². The highest BCUT2D eigenvalue weighted by Gasteiger charge is 2.13. The number of aromatic amines is 1. The number of amides is 1. The van der Waals surface area contributed by atoms with Crippen molar-refractivity contribution in [1.29, 1.82) is 0 Å². The van der Waals surface area contributed by atoms with Crippen molar-refractivity contribution >= 4 is 33.7 Å². The number of carbonyl (C=O) groups excluding carboxylic acids is 1. The largest absolute Gasteiger partial charge is 0.359 e. The number of nitrogens with zero attached hydrogens (tertiary/aromatic N) is 3. The molecule has 0 spiro atoms. The third-order valence-corrected chi connectivity index (χ3v) is 4.07. The molecule has 0 aliphatic rings. The maximum absolute atomic E-state index is 12.6. The molecule has 1 amide bonds. The zero-order valence-electron chi connectivity index (χ0n) is 13.4. The van der Waals surface area contributed by atoms with Gasteiger partial charge in [0.2, 0.25) is 0 Å². The van der Waals surface area contributed by atoms with E-state index in [-0.39, 0.29) is 11.9 Å². The lowest BCUT2D eigenvalue weighted by Crippen LogP contribution is -2.12. The molecule has 0 fully saturated rings. The van der Waals surface area contributed by atoms with E-state index in [2.05, 4.69) is 34.1 Å². The number of carbonyl (C=O) groups is 1. The van der Waals surface area contributed by atoms with E-state index in [1.54, 1.807) is 18.6 Å². The number of aromatic nitrogens is 4. The fourth-order valence-corrected chi connectivity index (χ4v) is 2.80. The predicted molar refractivity (Wildman–Crippen MR) is 94.2 cm³/mol. The molecule has 3 aromatic heterocycles. The molecule has 0 saturated heterocycles. The Bertz CT molecular complexity index is 1040. The van der Waals surface area contributed by atoms with Crippen molar-refractivity contribution in [2.24, 2.45) is 0 Å². The molecule has 120 valence electrons. The quantitative estimate of drug-likeness (QED) is 0.604. The lowest BCUT2D eigenvalue weighted by atomic mass is 10.2. The Hall–Kier alpha value is -3.15. The smallest absolute Gasteiger partial charge is 0.257 e. The summed E-state index contributed by atoms with van der Waals surface area (Å²) in [4.78, 5) is 24.5. The van der Waals surface area contributed by atoms with E-state index >= 15 is 0 Å². The maximum Gasteiger partial charge on any atom is 0.257 e. The fourth-order valence-electron chi connectivity index (χ4n) is 2.80. The molecule has 1 aromatic carbocycles. The van der Waals surface area contributed by atoms with Crippen molar-refractivity contribution in [2.75, 3.05) is 5.32 Å². The van der Waals surface area contributed by atoms with Gasteiger partial charge < -0.3 is 14.9 Å². The molecule has 0 unspecified atom stereocenters. The number of anilines is 1. The molecule has 6 nitrogen and oxygen atoms in total. The normalized spacial score (nSPS) is 11.5. The average molecular weight is 319 g/mol. The first-order valence-corrected chi connectivity index (χ1v) is 7.83. The summed E-state index contributed by atoms with van der Waals surface area (Å²) in [5.74, 6) is -0.203. The highest BCUT2D eigenvalue weighted by atomic mass is 16.1. The number of benzene rings is 1. The van der Waals surface area contributed by atoms with E-state index in [4.69, 9.17) is 0 Å².